The van der Waals surface area contributed by atoms with Crippen LogP contribution >= 0.6 is 0 Å². The maximum absolute atomic E-state index is 11.8. The van der Waals surface area contributed by atoms with E-state index in [0.29, 0.717) is 5.69 Å². The first-order chi connectivity index (χ1) is 9.97. The molecule has 0 saturated carbocycles. The molecule has 7 heteroatoms. The van der Waals surface area contributed by atoms with Crippen LogP contribution in [0.1, 0.15) is 26.7 Å². The van der Waals surface area contributed by atoms with Gasteiger partial charge in [-0.15, -0.1) is 0 Å². The number of nitrogens with two attached hydrogens (primary N) is 1. The molecule has 0 aliphatic carbocycles. The van der Waals surface area contributed by atoms with Crippen molar-refractivity contribution in [2.75, 3.05) is 23.3 Å². The molecule has 1 heterocycles. The van der Waals surface area contributed by atoms with E-state index in [1.54, 1.807) is 12.3 Å². The summed E-state index contributed by atoms with van der Waals surface area (Å²) in [5.74, 6) is -0.537. The van der Waals surface area contributed by atoms with E-state index in [9.17, 15) is 9.59 Å². The number of hydrogen-bond donors (Lipinski definition) is 3. The maximum Gasteiger partial charge on any atom is 0.303 e. The molecule has 1 rings (SSSR count). The quantitative estimate of drug-likeness (QED) is 0.661. The Hall–Kier alpha value is -2.15. The maximum atomic E-state index is 11.8. The zero-order chi connectivity index (χ0) is 15.8. The first-order valence-corrected chi connectivity index (χ1v) is 6.97. The molecule has 7 nitrogen and oxygen atoms in total. The van der Waals surface area contributed by atoms with Gasteiger partial charge in [0.1, 0.15) is 5.82 Å². The summed E-state index contributed by atoms with van der Waals surface area (Å²) in [6, 6.07) is 2.73. The molecule has 0 spiro atoms. The SMILES string of the molecule is CCN(CC)c1ccc(NC(=O)C(N)CCC(=O)O)cn1. The predicted molar refractivity (Wildman–Crippen MR) is 81.3 cm³/mol. The van der Waals surface area contributed by atoms with E-state index in [1.807, 2.05) is 19.9 Å². The number of nitrogens with one attached hydrogen (secondary N) is 1. The summed E-state index contributed by atoms with van der Waals surface area (Å²) < 4.78 is 0. The molecule has 0 aliphatic rings. The summed E-state index contributed by atoms with van der Waals surface area (Å²) in [6.07, 6.45) is 1.54. The van der Waals surface area contributed by atoms with E-state index in [4.69, 9.17) is 10.8 Å². The van der Waals surface area contributed by atoms with Crippen LogP contribution in [0.3, 0.4) is 0 Å². The molecular weight excluding hydrogens is 272 g/mol. The minimum atomic E-state index is -0.969. The molecule has 1 unspecified atom stereocenters. The Labute approximate surface area is 124 Å². The number of nitrogens with zero attached hydrogens (tertiary/aromatic N) is 2. The van der Waals surface area contributed by atoms with Crippen molar-refractivity contribution in [3.8, 4) is 0 Å². The second-order valence-electron chi connectivity index (χ2n) is 4.61. The Bertz CT molecular complexity index is 472. The summed E-state index contributed by atoms with van der Waals surface area (Å²) >= 11 is 0. The molecule has 0 aromatic carbocycles. The summed E-state index contributed by atoms with van der Waals surface area (Å²) in [6.45, 7) is 5.80. The number of aromatic nitrogens is 1. The first-order valence-electron chi connectivity index (χ1n) is 6.97. The van der Waals surface area contributed by atoms with Crippen LogP contribution in [0.4, 0.5) is 11.5 Å². The fraction of sp³-hybridized carbons (Fsp3) is 0.500. The molecule has 1 atom stereocenters. The van der Waals surface area contributed by atoms with E-state index < -0.39 is 17.9 Å². The summed E-state index contributed by atoms with van der Waals surface area (Å²) in [7, 11) is 0. The van der Waals surface area contributed by atoms with E-state index in [2.05, 4.69) is 15.2 Å². The minimum Gasteiger partial charge on any atom is -0.481 e. The Morgan fingerprint density at radius 1 is 1.38 bits per heavy atom. The molecule has 21 heavy (non-hydrogen) atoms. The molecule has 0 aliphatic heterocycles. The van der Waals surface area contributed by atoms with Gasteiger partial charge in [-0.25, -0.2) is 4.98 Å². The van der Waals surface area contributed by atoms with Crippen LogP contribution in [0.15, 0.2) is 18.3 Å². The van der Waals surface area contributed by atoms with Crippen LogP contribution < -0.4 is 16.0 Å². The molecule has 1 aromatic rings. The lowest BCUT2D eigenvalue weighted by Crippen LogP contribution is -2.36. The average Bonchev–Trinajstić information content (AvgIpc) is 2.47. The van der Waals surface area contributed by atoms with Gasteiger partial charge in [-0.2, -0.15) is 0 Å². The Morgan fingerprint density at radius 2 is 2.05 bits per heavy atom. The third-order valence-corrected chi connectivity index (χ3v) is 3.11. The van der Waals surface area contributed by atoms with Gasteiger partial charge in [-0.05, 0) is 32.4 Å². The standard InChI is InChI=1S/C14H22N4O3/c1-3-18(4-2)12-7-5-10(9-16-12)17-14(21)11(15)6-8-13(19)20/h5,7,9,11H,3-4,6,8,15H2,1-2H3,(H,17,21)(H,19,20). The molecule has 0 fully saturated rings. The second-order valence-corrected chi connectivity index (χ2v) is 4.61. The molecule has 1 amide bonds. The number of carbonyl (C=O) groups excluding carboxylic acids is 1. The largest absolute Gasteiger partial charge is 0.481 e. The zero-order valence-electron chi connectivity index (χ0n) is 12.4. The number of anilines is 2. The number of carbonyl (C=O) groups is 2. The lowest BCUT2D eigenvalue weighted by Gasteiger charge is -2.19. The van der Waals surface area contributed by atoms with Gasteiger partial charge in [0.25, 0.3) is 0 Å². The van der Waals surface area contributed by atoms with Crippen molar-refractivity contribution in [2.24, 2.45) is 5.73 Å². The Morgan fingerprint density at radius 3 is 2.52 bits per heavy atom. The number of amides is 1. The summed E-state index contributed by atoms with van der Waals surface area (Å²) in [4.78, 5) is 28.6. The van der Waals surface area contributed by atoms with Gasteiger partial charge < -0.3 is 21.1 Å². The van der Waals surface area contributed by atoms with E-state index in [0.717, 1.165) is 18.9 Å². The number of pyridine rings is 1. The first kappa shape index (κ1) is 16.9. The van der Waals surface area contributed by atoms with Gasteiger partial charge in [0.15, 0.2) is 0 Å². The van der Waals surface area contributed by atoms with Gasteiger partial charge in [0, 0.05) is 19.5 Å². The zero-order valence-corrected chi connectivity index (χ0v) is 12.4. The summed E-state index contributed by atoms with van der Waals surface area (Å²) in [5, 5.41) is 11.2. The van der Waals surface area contributed by atoms with E-state index >= 15 is 0 Å². The van der Waals surface area contributed by atoms with Gasteiger partial charge >= 0.3 is 5.97 Å². The number of aliphatic carboxylic acids is 1. The average molecular weight is 294 g/mol. The van der Waals surface area contributed by atoms with Crippen molar-refractivity contribution in [3.63, 3.8) is 0 Å². The highest BCUT2D eigenvalue weighted by atomic mass is 16.4. The molecule has 0 saturated heterocycles. The van der Waals surface area contributed by atoms with E-state index in [1.165, 1.54) is 0 Å². The van der Waals surface area contributed by atoms with E-state index in [-0.39, 0.29) is 12.8 Å². The number of hydrogen-bond acceptors (Lipinski definition) is 5. The van der Waals surface area contributed by atoms with Gasteiger partial charge in [0.05, 0.1) is 17.9 Å². The fourth-order valence-electron chi connectivity index (χ4n) is 1.84. The highest BCUT2D eigenvalue weighted by molar-refractivity contribution is 5.94. The van der Waals surface area contributed by atoms with Crippen molar-refractivity contribution in [2.45, 2.75) is 32.7 Å². The molecular formula is C14H22N4O3. The Kier molecular flexibility index (Phi) is 6.61. The normalized spacial score (nSPS) is 11.8. The highest BCUT2D eigenvalue weighted by Gasteiger charge is 2.15. The number of carboxylic acid groups (broad SMARTS) is 1. The lowest BCUT2D eigenvalue weighted by atomic mass is 10.1. The predicted octanol–water partition coefficient (Wildman–Crippen LogP) is 1.06. The number of carboxylic acids is 1. The molecule has 0 bridgehead atoms. The van der Waals surface area contributed by atoms with Gasteiger partial charge in [-0.1, -0.05) is 0 Å². The summed E-state index contributed by atoms with van der Waals surface area (Å²) in [5.41, 5.74) is 6.17. The van der Waals surface area contributed by atoms with Crippen LogP contribution in [0.2, 0.25) is 0 Å². The molecule has 0 radical (unpaired) electrons. The van der Waals surface area contributed by atoms with Crippen molar-refractivity contribution in [1.29, 1.82) is 0 Å². The third-order valence-electron chi connectivity index (χ3n) is 3.11. The molecule has 116 valence electrons. The third kappa shape index (κ3) is 5.39. The minimum absolute atomic E-state index is 0.103. The highest BCUT2D eigenvalue weighted by Crippen LogP contribution is 2.14. The van der Waals surface area contributed by atoms with Crippen LogP contribution in [0, 0.1) is 0 Å². The smallest absolute Gasteiger partial charge is 0.303 e. The van der Waals surface area contributed by atoms with Gasteiger partial charge in [0.2, 0.25) is 5.91 Å². The van der Waals surface area contributed by atoms with Crippen LogP contribution in [-0.4, -0.2) is 41.1 Å². The van der Waals surface area contributed by atoms with Crippen LogP contribution in [0.5, 0.6) is 0 Å². The van der Waals surface area contributed by atoms with Crippen molar-refractivity contribution < 1.29 is 14.7 Å². The van der Waals surface area contributed by atoms with Crippen molar-refractivity contribution in [1.82, 2.24) is 4.98 Å². The fourth-order valence-corrected chi connectivity index (χ4v) is 1.84. The van der Waals surface area contributed by atoms with Crippen LogP contribution in [-0.2, 0) is 9.59 Å². The van der Waals surface area contributed by atoms with Gasteiger partial charge in [-0.3, -0.25) is 9.59 Å². The Balaban J connectivity index is 2.58. The molecule has 1 aromatic heterocycles. The second kappa shape index (κ2) is 8.21. The molecule has 4 N–H and O–H groups in total. The monoisotopic (exact) mass is 294 g/mol. The topological polar surface area (TPSA) is 109 Å². The lowest BCUT2D eigenvalue weighted by molar-refractivity contribution is -0.137. The van der Waals surface area contributed by atoms with Crippen molar-refractivity contribution in [3.05, 3.63) is 18.3 Å². The van der Waals surface area contributed by atoms with Crippen molar-refractivity contribution >= 4 is 23.4 Å². The van der Waals surface area contributed by atoms with Crippen LogP contribution in [0.25, 0.3) is 0 Å². The number of rotatable bonds is 8.